The number of nitrogens with zero attached hydrogens (tertiary/aromatic N) is 1. The third-order valence-electron chi connectivity index (χ3n) is 2.55. The number of hydrogen-bond donors (Lipinski definition) is 2. The van der Waals surface area contributed by atoms with Crippen molar-refractivity contribution in [1.82, 2.24) is 4.98 Å². The molecule has 0 aliphatic rings. The number of methoxy groups -OCH3 is 1. The van der Waals surface area contributed by atoms with Crippen molar-refractivity contribution in [2.75, 3.05) is 12.4 Å². The molecule has 1 aromatic heterocycles. The zero-order valence-electron chi connectivity index (χ0n) is 10.7. The van der Waals surface area contributed by atoms with Crippen molar-refractivity contribution in [2.45, 2.75) is 0 Å². The van der Waals surface area contributed by atoms with E-state index in [2.05, 4.69) is 42.2 Å². The zero-order valence-corrected chi connectivity index (χ0v) is 14.6. The van der Waals surface area contributed by atoms with E-state index in [1.165, 1.54) is 6.07 Å². The van der Waals surface area contributed by atoms with Crippen molar-refractivity contribution >= 4 is 60.9 Å². The summed E-state index contributed by atoms with van der Waals surface area (Å²) in [6, 6.07) is 6.64. The number of carbonyl (C=O) groups is 1. The summed E-state index contributed by atoms with van der Waals surface area (Å²) in [5.41, 5.74) is 0.475. The molecule has 1 heterocycles. The maximum Gasteiger partial charge on any atom is 0.356 e. The van der Waals surface area contributed by atoms with Crippen molar-refractivity contribution in [2.24, 2.45) is 0 Å². The minimum absolute atomic E-state index is 0.0838. The normalized spacial score (nSPS) is 10.3. The molecule has 0 amide bonds. The molecule has 5 nitrogen and oxygen atoms in total. The molecule has 110 valence electrons. The van der Waals surface area contributed by atoms with Gasteiger partial charge in [-0.1, -0.05) is 11.6 Å². The van der Waals surface area contributed by atoms with Crippen LogP contribution in [0.2, 0.25) is 5.02 Å². The van der Waals surface area contributed by atoms with Gasteiger partial charge in [0.2, 0.25) is 0 Å². The summed E-state index contributed by atoms with van der Waals surface area (Å²) in [6.45, 7) is 0. The lowest BCUT2D eigenvalue weighted by atomic mass is 10.3. The van der Waals surface area contributed by atoms with Gasteiger partial charge in [-0.2, -0.15) is 0 Å². The van der Waals surface area contributed by atoms with E-state index in [4.69, 9.17) is 21.4 Å². The molecular weight excluding hydrogens is 427 g/mol. The molecule has 8 heteroatoms. The molecule has 0 radical (unpaired) electrons. The van der Waals surface area contributed by atoms with Crippen molar-refractivity contribution in [1.29, 1.82) is 0 Å². The van der Waals surface area contributed by atoms with Gasteiger partial charge in [-0.05, 0) is 50.1 Å². The van der Waals surface area contributed by atoms with Crippen LogP contribution >= 0.6 is 43.5 Å². The van der Waals surface area contributed by atoms with Gasteiger partial charge in [0.05, 0.1) is 22.3 Å². The largest absolute Gasteiger partial charge is 0.495 e. The Morgan fingerprint density at radius 3 is 2.67 bits per heavy atom. The number of nitrogens with one attached hydrogen (secondary N) is 1. The highest BCUT2D eigenvalue weighted by Gasteiger charge is 2.13. The van der Waals surface area contributed by atoms with Gasteiger partial charge in [0.1, 0.15) is 11.6 Å². The molecular formula is C13H9Br2ClN2O3. The number of ether oxygens (including phenoxy) is 1. The summed E-state index contributed by atoms with van der Waals surface area (Å²) < 4.78 is 6.77. The average molecular weight is 436 g/mol. The minimum atomic E-state index is -1.18. The number of carboxylic acid groups (broad SMARTS) is 1. The predicted molar refractivity (Wildman–Crippen MR) is 87.9 cm³/mol. The summed E-state index contributed by atoms with van der Waals surface area (Å²) in [5.74, 6) is -0.189. The van der Waals surface area contributed by atoms with Crippen LogP contribution in [0, 0.1) is 0 Å². The number of halogens is 3. The first kappa shape index (κ1) is 16.1. The van der Waals surface area contributed by atoms with Crippen molar-refractivity contribution in [3.05, 3.63) is 43.9 Å². The van der Waals surface area contributed by atoms with Gasteiger partial charge in [0.25, 0.3) is 0 Å². The zero-order chi connectivity index (χ0) is 15.6. The van der Waals surface area contributed by atoms with Crippen LogP contribution < -0.4 is 10.1 Å². The quantitative estimate of drug-likeness (QED) is 0.726. The molecule has 0 atom stereocenters. The van der Waals surface area contributed by atoms with Crippen molar-refractivity contribution in [3.63, 3.8) is 0 Å². The molecule has 0 saturated heterocycles. The number of rotatable bonds is 4. The van der Waals surface area contributed by atoms with E-state index in [0.29, 0.717) is 17.3 Å². The summed E-state index contributed by atoms with van der Waals surface area (Å²) in [5, 5.41) is 12.1. The molecule has 0 aliphatic carbocycles. The second kappa shape index (κ2) is 6.64. The number of hydrogen-bond acceptors (Lipinski definition) is 4. The first-order valence-electron chi connectivity index (χ1n) is 5.62. The van der Waals surface area contributed by atoms with Crippen LogP contribution in [0.15, 0.2) is 33.2 Å². The van der Waals surface area contributed by atoms with Crippen LogP contribution in [0.3, 0.4) is 0 Å². The van der Waals surface area contributed by atoms with E-state index in [-0.39, 0.29) is 10.7 Å². The molecule has 2 aromatic rings. The van der Waals surface area contributed by atoms with Gasteiger partial charge in [-0.25, -0.2) is 9.78 Å². The van der Waals surface area contributed by atoms with E-state index >= 15 is 0 Å². The molecule has 0 unspecified atom stereocenters. The smallest absolute Gasteiger partial charge is 0.356 e. The second-order valence-corrected chi connectivity index (χ2v) is 6.04. The lowest BCUT2D eigenvalue weighted by Crippen LogP contribution is -2.04. The lowest BCUT2D eigenvalue weighted by Gasteiger charge is -2.12. The number of aromatic nitrogens is 1. The summed E-state index contributed by atoms with van der Waals surface area (Å²) in [7, 11) is 1.56. The van der Waals surface area contributed by atoms with E-state index in [0.717, 1.165) is 8.95 Å². The summed E-state index contributed by atoms with van der Waals surface area (Å²) in [4.78, 5) is 15.0. The number of carboxylic acids is 1. The Morgan fingerprint density at radius 1 is 1.33 bits per heavy atom. The highest BCUT2D eigenvalue weighted by Crippen LogP contribution is 2.35. The predicted octanol–water partition coefficient (Wildman–Crippen LogP) is 4.71. The molecule has 0 fully saturated rings. The van der Waals surface area contributed by atoms with E-state index in [1.807, 2.05) is 6.07 Å². The molecule has 0 aliphatic heterocycles. The Morgan fingerprint density at radius 2 is 2.05 bits per heavy atom. The van der Waals surface area contributed by atoms with Crippen molar-refractivity contribution < 1.29 is 14.6 Å². The molecule has 0 bridgehead atoms. The first-order chi connectivity index (χ1) is 9.92. The molecule has 1 aromatic carbocycles. The average Bonchev–Trinajstić information content (AvgIpc) is 2.43. The molecule has 2 rings (SSSR count). The fraction of sp³-hybridized carbons (Fsp3) is 0.0769. The summed E-state index contributed by atoms with van der Waals surface area (Å²) in [6.07, 6.45) is 0. The van der Waals surface area contributed by atoms with Gasteiger partial charge >= 0.3 is 5.97 Å². The highest BCUT2D eigenvalue weighted by molar-refractivity contribution is 9.11. The Hall–Kier alpha value is -1.31. The SMILES string of the molecule is COc1cc(Nc2ccc(Cl)c(C(=O)O)n2)c(Br)cc1Br. The van der Waals surface area contributed by atoms with Gasteiger partial charge in [0, 0.05) is 10.5 Å². The Bertz CT molecular complexity index is 710. The topological polar surface area (TPSA) is 71.5 Å². The second-order valence-electron chi connectivity index (χ2n) is 3.92. The fourth-order valence-electron chi connectivity index (χ4n) is 1.58. The first-order valence-corrected chi connectivity index (χ1v) is 7.58. The van der Waals surface area contributed by atoms with Crippen LogP contribution in [0.5, 0.6) is 5.75 Å². The lowest BCUT2D eigenvalue weighted by molar-refractivity contribution is 0.0691. The minimum Gasteiger partial charge on any atom is -0.495 e. The highest BCUT2D eigenvalue weighted by atomic mass is 79.9. The number of aromatic carboxylic acids is 1. The van der Waals surface area contributed by atoms with Crippen LogP contribution in [0.1, 0.15) is 10.5 Å². The van der Waals surface area contributed by atoms with Gasteiger partial charge in [-0.3, -0.25) is 0 Å². The third-order valence-corrected chi connectivity index (χ3v) is 4.13. The Labute approximate surface area is 142 Å². The van der Waals surface area contributed by atoms with Gasteiger partial charge in [-0.15, -0.1) is 0 Å². The number of anilines is 2. The van der Waals surface area contributed by atoms with E-state index < -0.39 is 5.97 Å². The Balaban J connectivity index is 2.38. The standard InChI is InChI=1S/C13H9Br2ClN2O3/c1-21-10-5-9(6(14)4-7(10)15)17-11-3-2-8(16)12(18-11)13(19)20/h2-5H,1H3,(H,17,18)(H,19,20). The third kappa shape index (κ3) is 3.66. The fourth-order valence-corrected chi connectivity index (χ4v) is 3.02. The van der Waals surface area contributed by atoms with Crippen LogP contribution in [-0.2, 0) is 0 Å². The van der Waals surface area contributed by atoms with Gasteiger partial charge < -0.3 is 15.2 Å². The number of pyridine rings is 1. The molecule has 21 heavy (non-hydrogen) atoms. The maximum absolute atomic E-state index is 11.0. The van der Waals surface area contributed by atoms with Gasteiger partial charge in [0.15, 0.2) is 5.69 Å². The maximum atomic E-state index is 11.0. The monoisotopic (exact) mass is 434 g/mol. The summed E-state index contributed by atoms with van der Waals surface area (Å²) >= 11 is 12.6. The van der Waals surface area contributed by atoms with Crippen LogP contribution in [-0.4, -0.2) is 23.2 Å². The van der Waals surface area contributed by atoms with E-state index in [9.17, 15) is 4.79 Å². The van der Waals surface area contributed by atoms with Crippen LogP contribution in [0.4, 0.5) is 11.5 Å². The van der Waals surface area contributed by atoms with Crippen LogP contribution in [0.25, 0.3) is 0 Å². The molecule has 0 saturated carbocycles. The molecule has 2 N–H and O–H groups in total. The Kier molecular flexibility index (Phi) is 5.08. The number of benzene rings is 1. The molecule has 0 spiro atoms. The van der Waals surface area contributed by atoms with Crippen molar-refractivity contribution in [3.8, 4) is 5.75 Å². The van der Waals surface area contributed by atoms with E-state index in [1.54, 1.807) is 19.2 Å².